The van der Waals surface area contributed by atoms with Crippen LogP contribution in [0.25, 0.3) is 0 Å². The fourth-order valence-electron chi connectivity index (χ4n) is 1.60. The molecule has 5 nitrogen and oxygen atoms in total. The van der Waals surface area contributed by atoms with Gasteiger partial charge in [0.15, 0.2) is 11.0 Å². The van der Waals surface area contributed by atoms with E-state index in [1.165, 1.54) is 0 Å². The summed E-state index contributed by atoms with van der Waals surface area (Å²) in [6.45, 7) is 4.51. The number of pyridine rings is 1. The van der Waals surface area contributed by atoms with Crippen molar-refractivity contribution in [3.05, 3.63) is 40.2 Å². The minimum atomic E-state index is 0.439. The van der Waals surface area contributed by atoms with E-state index < -0.39 is 0 Å². The van der Waals surface area contributed by atoms with Crippen molar-refractivity contribution in [2.45, 2.75) is 20.4 Å². The summed E-state index contributed by atoms with van der Waals surface area (Å²) in [5, 5.41) is 11.6. The van der Waals surface area contributed by atoms with Crippen molar-refractivity contribution in [3.63, 3.8) is 0 Å². The highest BCUT2D eigenvalue weighted by Gasteiger charge is 2.07. The van der Waals surface area contributed by atoms with E-state index >= 15 is 0 Å². The molecular weight excluding hydrogens is 264 g/mol. The van der Waals surface area contributed by atoms with Gasteiger partial charge >= 0.3 is 0 Å². The molecule has 2 heterocycles. The molecule has 0 fully saturated rings. The second kappa shape index (κ2) is 5.84. The Morgan fingerprint density at radius 2 is 2.05 bits per heavy atom. The van der Waals surface area contributed by atoms with Gasteiger partial charge in [0.05, 0.1) is 7.11 Å². The highest BCUT2D eigenvalue weighted by molar-refractivity contribution is 6.30. The van der Waals surface area contributed by atoms with Crippen molar-refractivity contribution in [1.29, 1.82) is 0 Å². The van der Waals surface area contributed by atoms with Crippen molar-refractivity contribution >= 4 is 17.4 Å². The SMILES string of the molecule is COc1cc(CNc2nnc(Cl)c(C)c2C)ccn1. The van der Waals surface area contributed by atoms with E-state index in [0.717, 1.165) is 22.5 Å². The molecule has 0 aromatic carbocycles. The molecule has 100 valence electrons. The average molecular weight is 279 g/mol. The maximum absolute atomic E-state index is 5.92. The Labute approximate surface area is 117 Å². The monoisotopic (exact) mass is 278 g/mol. The van der Waals surface area contributed by atoms with Crippen molar-refractivity contribution in [1.82, 2.24) is 15.2 Å². The molecule has 0 bridgehead atoms. The number of rotatable bonds is 4. The number of aromatic nitrogens is 3. The number of hydrogen-bond donors (Lipinski definition) is 1. The highest BCUT2D eigenvalue weighted by atomic mass is 35.5. The van der Waals surface area contributed by atoms with E-state index in [1.54, 1.807) is 13.3 Å². The first kappa shape index (κ1) is 13.5. The van der Waals surface area contributed by atoms with Crippen molar-refractivity contribution in [3.8, 4) is 5.88 Å². The molecule has 0 unspecified atom stereocenters. The lowest BCUT2D eigenvalue weighted by Crippen LogP contribution is -2.06. The predicted molar refractivity (Wildman–Crippen MR) is 74.6 cm³/mol. The summed E-state index contributed by atoms with van der Waals surface area (Å²) in [7, 11) is 1.59. The molecule has 0 radical (unpaired) electrons. The normalized spacial score (nSPS) is 10.3. The molecule has 2 aromatic heterocycles. The standard InChI is InChI=1S/C13H15ClN4O/c1-8-9(2)13(18-17-12(8)14)16-7-10-4-5-15-11(6-10)19-3/h4-6H,7H2,1-3H3,(H,16,18). The smallest absolute Gasteiger partial charge is 0.213 e. The van der Waals surface area contributed by atoms with Crippen molar-refractivity contribution in [2.24, 2.45) is 0 Å². The lowest BCUT2D eigenvalue weighted by molar-refractivity contribution is 0.397. The van der Waals surface area contributed by atoms with Gasteiger partial charge in [-0.15, -0.1) is 10.2 Å². The Balaban J connectivity index is 2.12. The fourth-order valence-corrected chi connectivity index (χ4v) is 1.78. The minimum Gasteiger partial charge on any atom is -0.481 e. The van der Waals surface area contributed by atoms with Crippen LogP contribution in [0.5, 0.6) is 5.88 Å². The van der Waals surface area contributed by atoms with E-state index in [2.05, 4.69) is 20.5 Å². The van der Waals surface area contributed by atoms with Crippen LogP contribution in [0.1, 0.15) is 16.7 Å². The van der Waals surface area contributed by atoms with Gasteiger partial charge in [-0.3, -0.25) is 0 Å². The van der Waals surface area contributed by atoms with Gasteiger partial charge in [0, 0.05) is 18.8 Å². The van der Waals surface area contributed by atoms with Gasteiger partial charge in [-0.1, -0.05) is 11.6 Å². The molecule has 0 aliphatic rings. The number of hydrogen-bond acceptors (Lipinski definition) is 5. The van der Waals surface area contributed by atoms with Gasteiger partial charge < -0.3 is 10.1 Å². The van der Waals surface area contributed by atoms with Gasteiger partial charge in [-0.05, 0) is 36.6 Å². The summed E-state index contributed by atoms with van der Waals surface area (Å²) in [5.41, 5.74) is 2.99. The molecule has 0 atom stereocenters. The largest absolute Gasteiger partial charge is 0.481 e. The number of halogens is 1. The maximum atomic E-state index is 5.92. The van der Waals surface area contributed by atoms with Crippen LogP contribution in [-0.4, -0.2) is 22.3 Å². The molecule has 0 saturated heterocycles. The summed E-state index contributed by atoms with van der Waals surface area (Å²) in [4.78, 5) is 4.06. The first-order chi connectivity index (χ1) is 9.11. The van der Waals surface area contributed by atoms with E-state index in [-0.39, 0.29) is 0 Å². The quantitative estimate of drug-likeness (QED) is 0.932. The van der Waals surface area contributed by atoms with Gasteiger partial charge in [-0.2, -0.15) is 0 Å². The molecule has 0 amide bonds. The third kappa shape index (κ3) is 3.12. The van der Waals surface area contributed by atoms with Gasteiger partial charge in [0.2, 0.25) is 5.88 Å². The third-order valence-corrected chi connectivity index (χ3v) is 3.29. The van der Waals surface area contributed by atoms with Crippen molar-refractivity contribution in [2.75, 3.05) is 12.4 Å². The topological polar surface area (TPSA) is 59.9 Å². The number of methoxy groups -OCH3 is 1. The lowest BCUT2D eigenvalue weighted by Gasteiger charge is -2.10. The van der Waals surface area contributed by atoms with Crippen molar-refractivity contribution < 1.29 is 4.74 Å². The molecule has 19 heavy (non-hydrogen) atoms. The number of anilines is 1. The van der Waals surface area contributed by atoms with Gasteiger partial charge in [0.25, 0.3) is 0 Å². The second-order valence-electron chi connectivity index (χ2n) is 4.15. The van der Waals surface area contributed by atoms with Crippen LogP contribution >= 0.6 is 11.6 Å². The Morgan fingerprint density at radius 3 is 2.79 bits per heavy atom. The Hall–Kier alpha value is -1.88. The zero-order valence-electron chi connectivity index (χ0n) is 11.1. The molecule has 1 N–H and O–H groups in total. The summed E-state index contributed by atoms with van der Waals surface area (Å²) >= 11 is 5.92. The minimum absolute atomic E-state index is 0.439. The van der Waals surface area contributed by atoms with E-state index in [4.69, 9.17) is 16.3 Å². The van der Waals surface area contributed by atoms with Crippen LogP contribution in [0, 0.1) is 13.8 Å². The molecule has 6 heteroatoms. The Kier molecular flexibility index (Phi) is 4.16. The summed E-state index contributed by atoms with van der Waals surface area (Å²) in [5.74, 6) is 1.33. The Morgan fingerprint density at radius 1 is 1.26 bits per heavy atom. The summed E-state index contributed by atoms with van der Waals surface area (Å²) in [6.07, 6.45) is 1.71. The van der Waals surface area contributed by atoms with Crippen LogP contribution in [0.4, 0.5) is 5.82 Å². The molecule has 0 spiro atoms. The van der Waals surface area contributed by atoms with E-state index in [9.17, 15) is 0 Å². The van der Waals surface area contributed by atoms with Gasteiger partial charge in [0.1, 0.15) is 0 Å². The first-order valence-electron chi connectivity index (χ1n) is 5.84. The van der Waals surface area contributed by atoms with Crippen LogP contribution in [-0.2, 0) is 6.54 Å². The van der Waals surface area contributed by atoms with Gasteiger partial charge in [-0.25, -0.2) is 4.98 Å². The fraction of sp³-hybridized carbons (Fsp3) is 0.308. The average Bonchev–Trinajstić information content (AvgIpc) is 2.44. The van der Waals surface area contributed by atoms with Crippen LogP contribution in [0.2, 0.25) is 5.15 Å². The van der Waals surface area contributed by atoms with Crippen LogP contribution in [0.15, 0.2) is 18.3 Å². The van der Waals surface area contributed by atoms with E-state index in [1.807, 2.05) is 26.0 Å². The summed E-state index contributed by atoms with van der Waals surface area (Å²) in [6, 6.07) is 3.79. The number of nitrogens with zero attached hydrogens (tertiary/aromatic N) is 3. The first-order valence-corrected chi connectivity index (χ1v) is 6.21. The Bertz CT molecular complexity index is 589. The summed E-state index contributed by atoms with van der Waals surface area (Å²) < 4.78 is 5.08. The lowest BCUT2D eigenvalue weighted by atomic mass is 10.2. The third-order valence-electron chi connectivity index (χ3n) is 2.93. The van der Waals surface area contributed by atoms with Crippen LogP contribution < -0.4 is 10.1 Å². The van der Waals surface area contributed by atoms with E-state index in [0.29, 0.717) is 17.6 Å². The number of ether oxygens (including phenoxy) is 1. The maximum Gasteiger partial charge on any atom is 0.213 e. The zero-order valence-corrected chi connectivity index (χ0v) is 11.8. The van der Waals surface area contributed by atoms with Crippen LogP contribution in [0.3, 0.4) is 0 Å². The highest BCUT2D eigenvalue weighted by Crippen LogP contribution is 2.21. The molecule has 2 aromatic rings. The molecule has 0 aliphatic carbocycles. The second-order valence-corrected chi connectivity index (χ2v) is 4.51. The zero-order chi connectivity index (χ0) is 13.8. The molecular formula is C13H15ClN4O. The molecule has 0 saturated carbocycles. The predicted octanol–water partition coefficient (Wildman–Crippen LogP) is 2.76. The molecule has 0 aliphatic heterocycles. The molecule has 2 rings (SSSR count). The number of nitrogens with one attached hydrogen (secondary N) is 1.